The highest BCUT2D eigenvalue weighted by atomic mass is 19.1. The van der Waals surface area contributed by atoms with Gasteiger partial charge in [0.05, 0.1) is 6.42 Å². The van der Waals surface area contributed by atoms with Crippen LogP contribution in [0.5, 0.6) is 0 Å². The first-order valence-corrected chi connectivity index (χ1v) is 5.98. The lowest BCUT2D eigenvalue weighted by atomic mass is 9.91. The summed E-state index contributed by atoms with van der Waals surface area (Å²) in [5.41, 5.74) is 0.349. The van der Waals surface area contributed by atoms with Gasteiger partial charge in [-0.2, -0.15) is 0 Å². The van der Waals surface area contributed by atoms with Crippen LogP contribution >= 0.6 is 0 Å². The molecule has 2 rings (SSSR count). The number of rotatable bonds is 5. The van der Waals surface area contributed by atoms with Crippen LogP contribution in [0.1, 0.15) is 37.3 Å². The topological polar surface area (TPSA) is 49.3 Å². The van der Waals surface area contributed by atoms with Gasteiger partial charge in [-0.3, -0.25) is 4.79 Å². The molecule has 1 aromatic carbocycles. The lowest BCUT2D eigenvalue weighted by Gasteiger charge is -2.31. The van der Waals surface area contributed by atoms with Crippen molar-refractivity contribution in [3.63, 3.8) is 0 Å². The summed E-state index contributed by atoms with van der Waals surface area (Å²) < 4.78 is 26.3. The van der Waals surface area contributed by atoms with E-state index >= 15 is 0 Å². The lowest BCUT2D eigenvalue weighted by Crippen LogP contribution is -2.38. The quantitative estimate of drug-likeness (QED) is 0.850. The fraction of sp³-hybridized carbons (Fsp3) is 0.462. The zero-order chi connectivity index (χ0) is 13.1. The van der Waals surface area contributed by atoms with Crippen molar-refractivity contribution in [2.24, 2.45) is 0 Å². The van der Waals surface area contributed by atoms with Gasteiger partial charge in [0.1, 0.15) is 11.6 Å². The van der Waals surface area contributed by atoms with Gasteiger partial charge in [0, 0.05) is 18.2 Å². The molecule has 1 aliphatic carbocycles. The van der Waals surface area contributed by atoms with Crippen LogP contribution < -0.4 is 5.32 Å². The Balaban J connectivity index is 2.17. The molecule has 0 spiro atoms. The molecule has 18 heavy (non-hydrogen) atoms. The zero-order valence-electron chi connectivity index (χ0n) is 9.83. The first-order chi connectivity index (χ1) is 8.54. The minimum absolute atomic E-state index is 0.181. The molecule has 98 valence electrons. The number of carbonyl (C=O) groups is 1. The van der Waals surface area contributed by atoms with Crippen LogP contribution in [0, 0.1) is 11.6 Å². The first-order valence-electron chi connectivity index (χ1n) is 5.98. The van der Waals surface area contributed by atoms with Crippen molar-refractivity contribution in [3.05, 3.63) is 35.4 Å². The molecule has 0 saturated heterocycles. The molecule has 1 atom stereocenters. The van der Waals surface area contributed by atoms with Gasteiger partial charge in [0.25, 0.3) is 0 Å². The number of aliphatic carboxylic acids is 1. The van der Waals surface area contributed by atoms with Gasteiger partial charge in [-0.25, -0.2) is 8.78 Å². The summed E-state index contributed by atoms with van der Waals surface area (Å²) >= 11 is 0. The van der Waals surface area contributed by atoms with Gasteiger partial charge in [0.2, 0.25) is 0 Å². The van der Waals surface area contributed by atoms with Crippen LogP contribution in [0.25, 0.3) is 0 Å². The van der Waals surface area contributed by atoms with Crippen molar-refractivity contribution in [1.29, 1.82) is 0 Å². The largest absolute Gasteiger partial charge is 0.481 e. The molecular formula is C13H15F2NO2. The maximum absolute atomic E-state index is 13.1. The highest BCUT2D eigenvalue weighted by Crippen LogP contribution is 2.25. The molecule has 3 nitrogen and oxygen atoms in total. The van der Waals surface area contributed by atoms with Crippen LogP contribution in [-0.2, 0) is 4.79 Å². The second-order valence-corrected chi connectivity index (χ2v) is 4.65. The highest BCUT2D eigenvalue weighted by molar-refractivity contribution is 5.68. The predicted octanol–water partition coefficient (Wildman–Crippen LogP) is 2.62. The van der Waals surface area contributed by atoms with E-state index < -0.39 is 23.6 Å². The average Bonchev–Trinajstić information content (AvgIpc) is 2.19. The maximum Gasteiger partial charge on any atom is 0.305 e. The van der Waals surface area contributed by atoms with E-state index in [2.05, 4.69) is 5.32 Å². The SMILES string of the molecule is O=C(O)CC(NC1CCC1)c1cc(F)cc(F)c1. The number of hydrogen-bond acceptors (Lipinski definition) is 2. The number of nitrogens with one attached hydrogen (secondary N) is 1. The Kier molecular flexibility index (Phi) is 3.91. The molecule has 1 fully saturated rings. The Bertz CT molecular complexity index is 426. The van der Waals surface area contributed by atoms with Crippen LogP contribution in [0.2, 0.25) is 0 Å². The highest BCUT2D eigenvalue weighted by Gasteiger charge is 2.24. The molecule has 0 aromatic heterocycles. The van der Waals surface area contributed by atoms with Crippen molar-refractivity contribution >= 4 is 5.97 Å². The second kappa shape index (κ2) is 5.44. The van der Waals surface area contributed by atoms with Gasteiger partial charge in [-0.15, -0.1) is 0 Å². The summed E-state index contributed by atoms with van der Waals surface area (Å²) in [7, 11) is 0. The van der Waals surface area contributed by atoms with Crippen LogP contribution in [0.3, 0.4) is 0 Å². The van der Waals surface area contributed by atoms with E-state index in [4.69, 9.17) is 5.11 Å². The van der Waals surface area contributed by atoms with Crippen molar-refractivity contribution in [2.75, 3.05) is 0 Å². The average molecular weight is 255 g/mol. The van der Waals surface area contributed by atoms with E-state index in [9.17, 15) is 13.6 Å². The monoisotopic (exact) mass is 255 g/mol. The molecular weight excluding hydrogens is 240 g/mol. The van der Waals surface area contributed by atoms with Gasteiger partial charge in [-0.05, 0) is 30.5 Å². The molecule has 0 amide bonds. The van der Waals surface area contributed by atoms with Gasteiger partial charge >= 0.3 is 5.97 Å². The van der Waals surface area contributed by atoms with Crippen molar-refractivity contribution in [3.8, 4) is 0 Å². The van der Waals surface area contributed by atoms with Gasteiger partial charge in [-0.1, -0.05) is 6.42 Å². The minimum Gasteiger partial charge on any atom is -0.481 e. The maximum atomic E-state index is 13.1. The third-order valence-electron chi connectivity index (χ3n) is 3.21. The Morgan fingerprint density at radius 3 is 2.39 bits per heavy atom. The summed E-state index contributed by atoms with van der Waals surface area (Å²) in [4.78, 5) is 10.8. The van der Waals surface area contributed by atoms with E-state index in [1.165, 1.54) is 12.1 Å². The van der Waals surface area contributed by atoms with Gasteiger partial charge in [0.15, 0.2) is 0 Å². The fourth-order valence-electron chi connectivity index (χ4n) is 2.08. The van der Waals surface area contributed by atoms with Crippen molar-refractivity contribution in [2.45, 2.75) is 37.8 Å². The standard InChI is InChI=1S/C13H15F2NO2/c14-9-4-8(5-10(15)6-9)12(7-13(17)18)16-11-2-1-3-11/h4-6,11-12,16H,1-3,7H2,(H,17,18). The molecule has 5 heteroatoms. The number of hydrogen-bond donors (Lipinski definition) is 2. The number of halogens is 2. The summed E-state index contributed by atoms with van der Waals surface area (Å²) in [6, 6.07) is 2.86. The minimum atomic E-state index is -0.989. The number of carboxylic acids is 1. The molecule has 2 N–H and O–H groups in total. The first kappa shape index (κ1) is 13.0. The summed E-state index contributed by atoms with van der Waals surface area (Å²) in [5.74, 6) is -2.36. The molecule has 0 bridgehead atoms. The van der Waals surface area contributed by atoms with E-state index in [1.54, 1.807) is 0 Å². The van der Waals surface area contributed by atoms with Crippen LogP contribution in [0.4, 0.5) is 8.78 Å². The van der Waals surface area contributed by atoms with E-state index in [-0.39, 0.29) is 12.5 Å². The van der Waals surface area contributed by atoms with Gasteiger partial charge < -0.3 is 10.4 Å². The van der Waals surface area contributed by atoms with E-state index in [0.29, 0.717) is 5.56 Å². The molecule has 0 heterocycles. The Hall–Kier alpha value is -1.49. The predicted molar refractivity (Wildman–Crippen MR) is 62.1 cm³/mol. The fourth-order valence-corrected chi connectivity index (χ4v) is 2.08. The van der Waals surface area contributed by atoms with E-state index in [1.807, 2.05) is 0 Å². The number of carboxylic acid groups (broad SMARTS) is 1. The summed E-state index contributed by atoms with van der Waals surface area (Å²) in [5, 5.41) is 12.0. The third kappa shape index (κ3) is 3.26. The molecule has 1 unspecified atom stereocenters. The Morgan fingerprint density at radius 2 is 1.94 bits per heavy atom. The molecule has 1 aromatic rings. The van der Waals surface area contributed by atoms with Crippen molar-refractivity contribution in [1.82, 2.24) is 5.32 Å². The van der Waals surface area contributed by atoms with Crippen LogP contribution in [0.15, 0.2) is 18.2 Å². The molecule has 1 aliphatic rings. The number of benzene rings is 1. The second-order valence-electron chi connectivity index (χ2n) is 4.65. The Labute approximate surface area is 104 Å². The Morgan fingerprint density at radius 1 is 1.33 bits per heavy atom. The summed E-state index contributed by atoms with van der Waals surface area (Å²) in [6.45, 7) is 0. The van der Waals surface area contributed by atoms with Crippen LogP contribution in [-0.4, -0.2) is 17.1 Å². The molecule has 0 aliphatic heterocycles. The third-order valence-corrected chi connectivity index (χ3v) is 3.21. The normalized spacial score (nSPS) is 17.2. The smallest absolute Gasteiger partial charge is 0.305 e. The molecule has 1 saturated carbocycles. The van der Waals surface area contributed by atoms with E-state index in [0.717, 1.165) is 25.3 Å². The van der Waals surface area contributed by atoms with Crippen molar-refractivity contribution < 1.29 is 18.7 Å². The summed E-state index contributed by atoms with van der Waals surface area (Å²) in [6.07, 6.45) is 2.89. The lowest BCUT2D eigenvalue weighted by molar-refractivity contribution is -0.137. The zero-order valence-corrected chi connectivity index (χ0v) is 9.83. The molecule has 0 radical (unpaired) electrons.